The average Bonchev–Trinajstić information content (AvgIpc) is 2.22. The van der Waals surface area contributed by atoms with Gasteiger partial charge in [0.1, 0.15) is 0 Å². The molecule has 1 aromatic carbocycles. The number of benzene rings is 1. The molecule has 0 aromatic heterocycles. The van der Waals surface area contributed by atoms with E-state index >= 15 is 0 Å². The maximum absolute atomic E-state index is 11.4. The van der Waals surface area contributed by atoms with Crippen LogP contribution in [0.15, 0.2) is 22.7 Å². The molecule has 0 aliphatic rings. The lowest BCUT2D eigenvalue weighted by molar-refractivity contribution is -0.116. The molecule has 0 spiro atoms. The van der Waals surface area contributed by atoms with Crippen molar-refractivity contribution in [2.45, 2.75) is 13.3 Å². The van der Waals surface area contributed by atoms with Gasteiger partial charge < -0.3 is 16.4 Å². The third-order valence-electron chi connectivity index (χ3n) is 1.94. The van der Waals surface area contributed by atoms with Crippen LogP contribution in [-0.4, -0.2) is 18.4 Å². The number of hydrogen-bond donors (Lipinski definition) is 3. The first-order chi connectivity index (χ1) is 8.02. The number of anilines is 2. The second kappa shape index (κ2) is 8.07. The summed E-state index contributed by atoms with van der Waals surface area (Å²) in [6.07, 6.45) is 0.242. The molecule has 7 heteroatoms. The Morgan fingerprint density at radius 2 is 1.94 bits per heavy atom. The fourth-order valence-corrected chi connectivity index (χ4v) is 1.62. The van der Waals surface area contributed by atoms with Crippen LogP contribution in [0.2, 0.25) is 0 Å². The molecule has 0 saturated carbocycles. The molecule has 18 heavy (non-hydrogen) atoms. The van der Waals surface area contributed by atoms with Crippen LogP contribution in [0.25, 0.3) is 0 Å². The Kier molecular flexibility index (Phi) is 7.58. The lowest BCUT2D eigenvalue weighted by atomic mass is 10.2. The van der Waals surface area contributed by atoms with Crippen molar-refractivity contribution in [1.29, 1.82) is 0 Å². The summed E-state index contributed by atoms with van der Waals surface area (Å²) in [5.74, 6) is -0.376. The van der Waals surface area contributed by atoms with Gasteiger partial charge in [0, 0.05) is 24.4 Å². The number of hydrogen-bond acceptors (Lipinski definition) is 3. The van der Waals surface area contributed by atoms with E-state index < -0.39 is 0 Å². The second-order valence-corrected chi connectivity index (χ2v) is 4.37. The first kappa shape index (κ1) is 16.9. The molecule has 4 N–H and O–H groups in total. The maximum Gasteiger partial charge on any atom is 0.225 e. The van der Waals surface area contributed by atoms with E-state index in [0.29, 0.717) is 11.4 Å². The summed E-state index contributed by atoms with van der Waals surface area (Å²) in [4.78, 5) is 22.4. The van der Waals surface area contributed by atoms with Crippen molar-refractivity contribution in [1.82, 2.24) is 0 Å². The van der Waals surface area contributed by atoms with Crippen LogP contribution in [-0.2, 0) is 9.59 Å². The molecular formula is C11H15BrClN3O2. The van der Waals surface area contributed by atoms with Crippen LogP contribution in [0.4, 0.5) is 11.4 Å². The number of carbonyl (C=O) groups is 2. The SMILES string of the molecule is CC(=O)Nc1ccc(Br)cc1NC(=O)CCN.Cl. The van der Waals surface area contributed by atoms with Crippen molar-refractivity contribution in [2.75, 3.05) is 17.2 Å². The number of amides is 2. The third-order valence-corrected chi connectivity index (χ3v) is 2.43. The summed E-state index contributed by atoms with van der Waals surface area (Å²) in [6, 6.07) is 5.22. The molecule has 0 atom stereocenters. The van der Waals surface area contributed by atoms with Crippen LogP contribution in [0.3, 0.4) is 0 Å². The highest BCUT2D eigenvalue weighted by molar-refractivity contribution is 9.10. The van der Waals surface area contributed by atoms with Gasteiger partial charge in [0.25, 0.3) is 0 Å². The molecule has 0 unspecified atom stereocenters. The van der Waals surface area contributed by atoms with Gasteiger partial charge in [0.05, 0.1) is 11.4 Å². The number of carbonyl (C=O) groups excluding carboxylic acids is 2. The van der Waals surface area contributed by atoms with Gasteiger partial charge in [-0.1, -0.05) is 15.9 Å². The van der Waals surface area contributed by atoms with Gasteiger partial charge in [0.15, 0.2) is 0 Å². The zero-order valence-corrected chi connectivity index (χ0v) is 12.2. The van der Waals surface area contributed by atoms with E-state index in [4.69, 9.17) is 5.73 Å². The highest BCUT2D eigenvalue weighted by Crippen LogP contribution is 2.26. The molecule has 100 valence electrons. The minimum absolute atomic E-state index is 0. The fourth-order valence-electron chi connectivity index (χ4n) is 1.26. The van der Waals surface area contributed by atoms with Crippen molar-refractivity contribution in [3.8, 4) is 0 Å². The molecule has 0 fully saturated rings. The number of rotatable bonds is 4. The molecular weight excluding hydrogens is 321 g/mol. The largest absolute Gasteiger partial charge is 0.330 e. The van der Waals surface area contributed by atoms with Crippen LogP contribution in [0.5, 0.6) is 0 Å². The summed E-state index contributed by atoms with van der Waals surface area (Å²) in [6.45, 7) is 1.70. The van der Waals surface area contributed by atoms with Crippen molar-refractivity contribution in [3.63, 3.8) is 0 Å². The lowest BCUT2D eigenvalue weighted by Gasteiger charge is -2.11. The monoisotopic (exact) mass is 335 g/mol. The summed E-state index contributed by atoms with van der Waals surface area (Å²) in [5.41, 5.74) is 6.40. The highest BCUT2D eigenvalue weighted by Gasteiger charge is 2.08. The predicted molar refractivity (Wildman–Crippen MR) is 78.0 cm³/mol. The second-order valence-electron chi connectivity index (χ2n) is 3.46. The molecule has 0 heterocycles. The molecule has 5 nitrogen and oxygen atoms in total. The molecule has 0 aliphatic carbocycles. The van der Waals surface area contributed by atoms with E-state index in [1.807, 2.05) is 0 Å². The van der Waals surface area contributed by atoms with Gasteiger partial charge in [-0.3, -0.25) is 9.59 Å². The van der Waals surface area contributed by atoms with E-state index in [9.17, 15) is 9.59 Å². The zero-order valence-electron chi connectivity index (χ0n) is 9.83. The Morgan fingerprint density at radius 3 is 2.50 bits per heavy atom. The van der Waals surface area contributed by atoms with Crippen LogP contribution in [0.1, 0.15) is 13.3 Å². The Bertz CT molecular complexity index is 440. The van der Waals surface area contributed by atoms with E-state index in [0.717, 1.165) is 4.47 Å². The van der Waals surface area contributed by atoms with E-state index in [2.05, 4.69) is 26.6 Å². The third kappa shape index (κ3) is 5.48. The van der Waals surface area contributed by atoms with E-state index in [-0.39, 0.29) is 37.2 Å². The molecule has 1 rings (SSSR count). The quantitative estimate of drug-likeness (QED) is 0.787. The fraction of sp³-hybridized carbons (Fsp3) is 0.273. The molecule has 0 bridgehead atoms. The van der Waals surface area contributed by atoms with Crippen LogP contribution in [0, 0.1) is 0 Å². The van der Waals surface area contributed by atoms with Gasteiger partial charge in [-0.25, -0.2) is 0 Å². The van der Waals surface area contributed by atoms with Crippen LogP contribution < -0.4 is 16.4 Å². The Labute approximate surface area is 120 Å². The minimum Gasteiger partial charge on any atom is -0.330 e. The van der Waals surface area contributed by atoms with Crippen LogP contribution >= 0.6 is 28.3 Å². The molecule has 0 radical (unpaired) electrons. The van der Waals surface area contributed by atoms with Gasteiger partial charge >= 0.3 is 0 Å². The normalized spacial score (nSPS) is 9.28. The van der Waals surface area contributed by atoms with E-state index in [1.54, 1.807) is 18.2 Å². The van der Waals surface area contributed by atoms with Gasteiger partial charge in [0.2, 0.25) is 11.8 Å². The van der Waals surface area contributed by atoms with Crippen molar-refractivity contribution < 1.29 is 9.59 Å². The summed E-state index contributed by atoms with van der Waals surface area (Å²) < 4.78 is 0.814. The van der Waals surface area contributed by atoms with Gasteiger partial charge in [-0.2, -0.15) is 0 Å². The standard InChI is InChI=1S/C11H14BrN3O2.ClH/c1-7(16)14-9-3-2-8(12)6-10(9)15-11(17)4-5-13;/h2-3,6H,4-5,13H2,1H3,(H,14,16)(H,15,17);1H. The predicted octanol–water partition coefficient (Wildman–Crippen LogP) is 2.12. The number of halogens is 2. The maximum atomic E-state index is 11.4. The Balaban J connectivity index is 0.00000289. The van der Waals surface area contributed by atoms with Crippen molar-refractivity contribution in [3.05, 3.63) is 22.7 Å². The lowest BCUT2D eigenvalue weighted by Crippen LogP contribution is -2.18. The summed E-state index contributed by atoms with van der Waals surface area (Å²) in [7, 11) is 0. The molecule has 0 saturated heterocycles. The molecule has 0 aliphatic heterocycles. The average molecular weight is 337 g/mol. The Hall–Kier alpha value is -1.11. The zero-order chi connectivity index (χ0) is 12.8. The summed E-state index contributed by atoms with van der Waals surface area (Å²) >= 11 is 3.30. The topological polar surface area (TPSA) is 84.2 Å². The molecule has 2 amide bonds. The van der Waals surface area contributed by atoms with Crippen molar-refractivity contribution >= 4 is 51.5 Å². The smallest absolute Gasteiger partial charge is 0.225 e. The molecule has 1 aromatic rings. The first-order valence-electron chi connectivity index (χ1n) is 5.10. The Morgan fingerprint density at radius 1 is 1.28 bits per heavy atom. The van der Waals surface area contributed by atoms with Gasteiger partial charge in [-0.05, 0) is 18.2 Å². The first-order valence-corrected chi connectivity index (χ1v) is 5.89. The number of nitrogens with two attached hydrogens (primary N) is 1. The number of nitrogens with one attached hydrogen (secondary N) is 2. The summed E-state index contributed by atoms with van der Waals surface area (Å²) in [5, 5.41) is 5.34. The minimum atomic E-state index is -0.193. The van der Waals surface area contributed by atoms with Crippen molar-refractivity contribution in [2.24, 2.45) is 5.73 Å². The van der Waals surface area contributed by atoms with E-state index in [1.165, 1.54) is 6.92 Å². The highest BCUT2D eigenvalue weighted by atomic mass is 79.9. The van der Waals surface area contributed by atoms with Gasteiger partial charge in [-0.15, -0.1) is 12.4 Å².